The molecule has 22 heavy (non-hydrogen) atoms. The highest BCUT2D eigenvalue weighted by atomic mass is 32.1. The van der Waals surface area contributed by atoms with E-state index in [9.17, 15) is 9.59 Å². The van der Waals surface area contributed by atoms with E-state index in [4.69, 9.17) is 4.74 Å². The van der Waals surface area contributed by atoms with Crippen LogP contribution in [0.25, 0.3) is 0 Å². The Labute approximate surface area is 135 Å². The van der Waals surface area contributed by atoms with Crippen LogP contribution in [0.4, 0.5) is 0 Å². The van der Waals surface area contributed by atoms with Gasteiger partial charge in [0.1, 0.15) is 0 Å². The van der Waals surface area contributed by atoms with Gasteiger partial charge in [0.2, 0.25) is 5.91 Å². The number of carbonyl (C=O) groups excluding carboxylic acids is 2. The Kier molecular flexibility index (Phi) is 4.81. The Morgan fingerprint density at radius 3 is 2.82 bits per heavy atom. The number of methoxy groups -OCH3 is 1. The number of fused-ring (bicyclic) bond motifs is 1. The minimum atomic E-state index is -0.545. The average molecular weight is 321 g/mol. The molecule has 1 atom stereocenters. The molecule has 3 rings (SSSR count). The van der Waals surface area contributed by atoms with E-state index in [1.54, 1.807) is 16.2 Å². The summed E-state index contributed by atoms with van der Waals surface area (Å²) in [6, 6.07) is 1.41. The van der Waals surface area contributed by atoms with Crippen LogP contribution < -0.4 is 0 Å². The minimum Gasteiger partial charge on any atom is -0.467 e. The molecule has 1 unspecified atom stereocenters. The summed E-state index contributed by atoms with van der Waals surface area (Å²) in [7, 11) is 1.40. The molecule has 0 spiro atoms. The number of hydrogen-bond acceptors (Lipinski definition) is 4. The maximum atomic E-state index is 12.8. The molecule has 0 bridgehead atoms. The molecule has 1 amide bonds. The lowest BCUT2D eigenvalue weighted by Crippen LogP contribution is -2.44. The Hall–Kier alpha value is -1.36. The summed E-state index contributed by atoms with van der Waals surface area (Å²) in [6.45, 7) is 0.624. The van der Waals surface area contributed by atoms with Gasteiger partial charge in [-0.2, -0.15) is 0 Å². The number of hydrogen-bond donors (Lipinski definition) is 0. The summed E-state index contributed by atoms with van der Waals surface area (Å²) in [6.07, 6.45) is 7.46. The maximum Gasteiger partial charge on any atom is 0.333 e. The van der Waals surface area contributed by atoms with Crippen LogP contribution in [0.15, 0.2) is 11.4 Å². The Morgan fingerprint density at radius 1 is 1.32 bits per heavy atom. The van der Waals surface area contributed by atoms with Crippen LogP contribution in [-0.2, 0) is 20.7 Å². The van der Waals surface area contributed by atoms with Crippen molar-refractivity contribution in [3.8, 4) is 0 Å². The molecule has 1 fully saturated rings. The molecule has 5 heteroatoms. The third-order valence-corrected chi connectivity index (χ3v) is 5.90. The topological polar surface area (TPSA) is 46.6 Å². The lowest BCUT2D eigenvalue weighted by Gasteiger charge is -2.35. The van der Waals surface area contributed by atoms with Gasteiger partial charge < -0.3 is 9.64 Å². The van der Waals surface area contributed by atoms with Crippen molar-refractivity contribution in [2.75, 3.05) is 13.7 Å². The predicted molar refractivity (Wildman–Crippen MR) is 85.7 cm³/mol. The van der Waals surface area contributed by atoms with Crippen molar-refractivity contribution in [1.29, 1.82) is 0 Å². The van der Waals surface area contributed by atoms with E-state index >= 15 is 0 Å². The Bertz CT molecular complexity index is 548. The largest absolute Gasteiger partial charge is 0.467 e. The zero-order valence-corrected chi connectivity index (χ0v) is 13.9. The van der Waals surface area contributed by atoms with Crippen molar-refractivity contribution in [2.45, 2.75) is 51.0 Å². The average Bonchev–Trinajstić information content (AvgIpc) is 3.02. The molecule has 0 aromatic carbocycles. The maximum absolute atomic E-state index is 12.8. The summed E-state index contributed by atoms with van der Waals surface area (Å²) in [5, 5.41) is 2.00. The highest BCUT2D eigenvalue weighted by Crippen LogP contribution is 2.35. The number of thiophene rings is 1. The molecular weight excluding hydrogens is 298 g/mol. The predicted octanol–water partition coefficient (Wildman–Crippen LogP) is 3.32. The standard InChI is InChI=1S/C17H23NO3S/c1-21-17(20)16-13-8-10-22-14(13)7-9-18(16)15(19)11-12-5-3-2-4-6-12/h8,10,12,16H,2-7,9,11H2,1H3. The fourth-order valence-corrected chi connectivity index (χ4v) is 4.61. The van der Waals surface area contributed by atoms with E-state index in [2.05, 4.69) is 0 Å². The first-order valence-corrected chi connectivity index (χ1v) is 9.02. The van der Waals surface area contributed by atoms with Gasteiger partial charge in [-0.05, 0) is 42.2 Å². The molecular formula is C17H23NO3S. The SMILES string of the molecule is COC(=O)C1c2ccsc2CCN1C(=O)CC1CCCCC1. The molecule has 1 saturated carbocycles. The molecule has 1 aliphatic heterocycles. The number of nitrogens with zero attached hydrogens (tertiary/aromatic N) is 1. The van der Waals surface area contributed by atoms with Gasteiger partial charge in [0.15, 0.2) is 6.04 Å². The summed E-state index contributed by atoms with van der Waals surface area (Å²) in [4.78, 5) is 27.9. The molecule has 4 nitrogen and oxygen atoms in total. The van der Waals surface area contributed by atoms with E-state index in [0.29, 0.717) is 18.9 Å². The van der Waals surface area contributed by atoms with Gasteiger partial charge in [-0.1, -0.05) is 19.3 Å². The van der Waals surface area contributed by atoms with Crippen LogP contribution >= 0.6 is 11.3 Å². The van der Waals surface area contributed by atoms with Crippen molar-refractivity contribution >= 4 is 23.2 Å². The van der Waals surface area contributed by atoms with Crippen molar-refractivity contribution in [1.82, 2.24) is 4.90 Å². The molecule has 2 aliphatic rings. The second kappa shape index (κ2) is 6.82. The van der Waals surface area contributed by atoms with Crippen LogP contribution in [0.1, 0.15) is 55.0 Å². The smallest absolute Gasteiger partial charge is 0.333 e. The highest BCUT2D eigenvalue weighted by Gasteiger charge is 2.37. The molecule has 120 valence electrons. The van der Waals surface area contributed by atoms with E-state index in [1.807, 2.05) is 11.4 Å². The van der Waals surface area contributed by atoms with E-state index in [-0.39, 0.29) is 11.9 Å². The number of carbonyl (C=O) groups is 2. The van der Waals surface area contributed by atoms with Gasteiger partial charge in [0.25, 0.3) is 0 Å². The van der Waals surface area contributed by atoms with Gasteiger partial charge in [-0.3, -0.25) is 4.79 Å². The molecule has 0 radical (unpaired) electrons. The lowest BCUT2D eigenvalue weighted by molar-refractivity contribution is -0.154. The highest BCUT2D eigenvalue weighted by molar-refractivity contribution is 7.10. The Balaban J connectivity index is 1.76. The van der Waals surface area contributed by atoms with Gasteiger partial charge in [0, 0.05) is 17.8 Å². The number of esters is 1. The molecule has 0 N–H and O–H groups in total. The van der Waals surface area contributed by atoms with Crippen LogP contribution in [0, 0.1) is 5.92 Å². The zero-order valence-electron chi connectivity index (χ0n) is 13.0. The van der Waals surface area contributed by atoms with Crippen LogP contribution in [0.2, 0.25) is 0 Å². The number of ether oxygens (including phenoxy) is 1. The van der Waals surface area contributed by atoms with E-state index < -0.39 is 6.04 Å². The Morgan fingerprint density at radius 2 is 2.09 bits per heavy atom. The number of amides is 1. The first-order chi connectivity index (χ1) is 10.7. The summed E-state index contributed by atoms with van der Waals surface area (Å²) in [5.41, 5.74) is 0.958. The second-order valence-corrected chi connectivity index (χ2v) is 7.27. The van der Waals surface area contributed by atoms with Crippen LogP contribution in [0.5, 0.6) is 0 Å². The zero-order chi connectivity index (χ0) is 15.5. The first-order valence-electron chi connectivity index (χ1n) is 8.14. The molecule has 0 saturated heterocycles. The minimum absolute atomic E-state index is 0.110. The lowest BCUT2D eigenvalue weighted by atomic mass is 9.86. The second-order valence-electron chi connectivity index (χ2n) is 6.27. The van der Waals surface area contributed by atoms with Crippen LogP contribution in [-0.4, -0.2) is 30.4 Å². The first kappa shape index (κ1) is 15.5. The van der Waals surface area contributed by atoms with E-state index in [1.165, 1.54) is 31.2 Å². The fraction of sp³-hybridized carbons (Fsp3) is 0.647. The third-order valence-electron chi connectivity index (χ3n) is 4.90. The molecule has 2 heterocycles. The van der Waals surface area contributed by atoms with Crippen molar-refractivity contribution < 1.29 is 14.3 Å². The summed E-state index contributed by atoms with van der Waals surface area (Å²) >= 11 is 1.66. The van der Waals surface area contributed by atoms with Gasteiger partial charge in [-0.15, -0.1) is 11.3 Å². The summed E-state index contributed by atoms with van der Waals surface area (Å²) in [5.74, 6) is 0.277. The third kappa shape index (κ3) is 3.05. The quantitative estimate of drug-likeness (QED) is 0.802. The van der Waals surface area contributed by atoms with Crippen molar-refractivity contribution in [3.63, 3.8) is 0 Å². The normalized spacial score (nSPS) is 22.2. The van der Waals surface area contributed by atoms with Crippen molar-refractivity contribution in [3.05, 3.63) is 21.9 Å². The number of rotatable bonds is 3. The molecule has 1 aliphatic carbocycles. The fourth-order valence-electron chi connectivity index (χ4n) is 3.71. The van der Waals surface area contributed by atoms with Gasteiger partial charge >= 0.3 is 5.97 Å². The summed E-state index contributed by atoms with van der Waals surface area (Å²) < 4.78 is 4.96. The monoisotopic (exact) mass is 321 g/mol. The van der Waals surface area contributed by atoms with Gasteiger partial charge in [0.05, 0.1) is 7.11 Å². The molecule has 1 aromatic rings. The van der Waals surface area contributed by atoms with Crippen molar-refractivity contribution in [2.24, 2.45) is 5.92 Å². The van der Waals surface area contributed by atoms with E-state index in [0.717, 1.165) is 24.8 Å². The van der Waals surface area contributed by atoms with Gasteiger partial charge in [-0.25, -0.2) is 4.79 Å². The molecule has 1 aromatic heterocycles. The van der Waals surface area contributed by atoms with Crippen LogP contribution in [0.3, 0.4) is 0 Å².